The van der Waals surface area contributed by atoms with Gasteiger partial charge < -0.3 is 20.6 Å². The number of carboxylic acids is 1. The quantitative estimate of drug-likeness (QED) is 0.676. The molecule has 1 fully saturated rings. The third-order valence-electron chi connectivity index (χ3n) is 5.03. The van der Waals surface area contributed by atoms with Crippen LogP contribution in [-0.2, 0) is 14.4 Å². The van der Waals surface area contributed by atoms with E-state index in [1.807, 2.05) is 26.0 Å². The fraction of sp³-hybridized carbons (Fsp3) is 0.474. The first-order valence-corrected chi connectivity index (χ1v) is 9.85. The van der Waals surface area contributed by atoms with Crippen molar-refractivity contribution in [2.75, 3.05) is 0 Å². The largest absolute Gasteiger partial charge is 0.480 e. The van der Waals surface area contributed by atoms with Gasteiger partial charge in [0.1, 0.15) is 23.5 Å². The molecule has 1 aromatic carbocycles. The fourth-order valence-electron chi connectivity index (χ4n) is 3.56. The minimum Gasteiger partial charge on any atom is -0.480 e. The zero-order valence-electron chi connectivity index (χ0n) is 16.1. The molecule has 0 saturated carbocycles. The maximum Gasteiger partial charge on any atom is 0.325 e. The Bertz CT molecular complexity index is 856. The SMILES string of the molecule is C[C@H](NC(=O)[C@H](C)NC(=O)[C@H]1N2C(=O)c3ccccc3[C@@H]2SC1(C)C)C(=O)O. The fourth-order valence-corrected chi connectivity index (χ4v) is 5.15. The van der Waals surface area contributed by atoms with Crippen molar-refractivity contribution in [2.45, 2.75) is 55.9 Å². The van der Waals surface area contributed by atoms with Crippen LogP contribution in [0, 0.1) is 0 Å². The van der Waals surface area contributed by atoms with Crippen LogP contribution < -0.4 is 10.6 Å². The van der Waals surface area contributed by atoms with Crippen molar-refractivity contribution in [1.82, 2.24) is 15.5 Å². The minimum absolute atomic E-state index is 0.199. The highest BCUT2D eigenvalue weighted by Gasteiger charge is 2.57. The zero-order valence-corrected chi connectivity index (χ0v) is 16.9. The number of hydrogen-bond acceptors (Lipinski definition) is 5. The van der Waals surface area contributed by atoms with Gasteiger partial charge in [-0.2, -0.15) is 0 Å². The Balaban J connectivity index is 1.77. The lowest BCUT2D eigenvalue weighted by Crippen LogP contribution is -2.57. The summed E-state index contributed by atoms with van der Waals surface area (Å²) < 4.78 is -0.553. The van der Waals surface area contributed by atoms with Crippen LogP contribution in [0.3, 0.4) is 0 Å². The number of amides is 3. The summed E-state index contributed by atoms with van der Waals surface area (Å²) in [5, 5.41) is 13.6. The smallest absolute Gasteiger partial charge is 0.325 e. The van der Waals surface area contributed by atoms with Crippen LogP contribution in [-0.4, -0.2) is 56.6 Å². The number of benzene rings is 1. The van der Waals surface area contributed by atoms with Gasteiger partial charge in [0, 0.05) is 10.3 Å². The number of hydrogen-bond donors (Lipinski definition) is 3. The molecule has 1 saturated heterocycles. The van der Waals surface area contributed by atoms with E-state index >= 15 is 0 Å². The van der Waals surface area contributed by atoms with Crippen molar-refractivity contribution in [3.63, 3.8) is 0 Å². The number of nitrogens with one attached hydrogen (secondary N) is 2. The molecule has 0 spiro atoms. The molecule has 150 valence electrons. The van der Waals surface area contributed by atoms with E-state index in [1.165, 1.54) is 25.6 Å². The first-order valence-electron chi connectivity index (χ1n) is 8.97. The van der Waals surface area contributed by atoms with Gasteiger partial charge in [-0.1, -0.05) is 18.2 Å². The molecule has 0 aromatic heterocycles. The molecule has 2 aliphatic rings. The summed E-state index contributed by atoms with van der Waals surface area (Å²) in [5.74, 6) is -2.40. The van der Waals surface area contributed by atoms with Crippen LogP contribution >= 0.6 is 11.8 Å². The Kier molecular flexibility index (Phi) is 5.14. The predicted molar refractivity (Wildman–Crippen MR) is 104 cm³/mol. The molecule has 0 radical (unpaired) electrons. The number of carbonyl (C=O) groups is 4. The highest BCUT2D eigenvalue weighted by molar-refractivity contribution is 8.01. The third-order valence-corrected chi connectivity index (χ3v) is 6.56. The number of aliphatic carboxylic acids is 1. The molecule has 4 atom stereocenters. The first-order chi connectivity index (χ1) is 13.0. The van der Waals surface area contributed by atoms with Crippen molar-refractivity contribution < 1.29 is 24.3 Å². The normalized spacial score (nSPS) is 24.1. The van der Waals surface area contributed by atoms with E-state index in [1.54, 1.807) is 17.0 Å². The molecule has 0 unspecified atom stereocenters. The molecular weight excluding hydrogens is 382 g/mol. The lowest BCUT2D eigenvalue weighted by Gasteiger charge is -2.30. The first kappa shape index (κ1) is 20.2. The van der Waals surface area contributed by atoms with Crippen LogP contribution in [0.15, 0.2) is 24.3 Å². The van der Waals surface area contributed by atoms with Crippen LogP contribution in [0.2, 0.25) is 0 Å². The highest BCUT2D eigenvalue weighted by Crippen LogP contribution is 2.56. The lowest BCUT2D eigenvalue weighted by molar-refractivity contribution is -0.141. The van der Waals surface area contributed by atoms with E-state index in [4.69, 9.17) is 5.11 Å². The average molecular weight is 405 g/mol. The van der Waals surface area contributed by atoms with E-state index < -0.39 is 40.7 Å². The van der Waals surface area contributed by atoms with Gasteiger partial charge in [-0.05, 0) is 39.3 Å². The minimum atomic E-state index is -1.16. The molecule has 9 heteroatoms. The van der Waals surface area contributed by atoms with Crippen molar-refractivity contribution in [2.24, 2.45) is 0 Å². The Hall–Kier alpha value is -2.55. The van der Waals surface area contributed by atoms with E-state index in [2.05, 4.69) is 10.6 Å². The Morgan fingerprint density at radius 3 is 2.43 bits per heavy atom. The molecule has 3 rings (SSSR count). The van der Waals surface area contributed by atoms with Crippen molar-refractivity contribution in [3.8, 4) is 0 Å². The van der Waals surface area contributed by atoms with Gasteiger partial charge in [0.2, 0.25) is 11.8 Å². The summed E-state index contributed by atoms with van der Waals surface area (Å²) in [5.41, 5.74) is 1.48. The van der Waals surface area contributed by atoms with E-state index in [-0.39, 0.29) is 11.3 Å². The average Bonchev–Trinajstić information content (AvgIpc) is 3.04. The second kappa shape index (κ2) is 7.12. The van der Waals surface area contributed by atoms with E-state index in [9.17, 15) is 19.2 Å². The molecule has 28 heavy (non-hydrogen) atoms. The van der Waals surface area contributed by atoms with Crippen molar-refractivity contribution >= 4 is 35.5 Å². The van der Waals surface area contributed by atoms with Gasteiger partial charge in [-0.15, -0.1) is 11.8 Å². The maximum absolute atomic E-state index is 13.0. The van der Waals surface area contributed by atoms with Crippen LogP contribution in [0.1, 0.15) is 49.0 Å². The number of nitrogens with zero attached hydrogens (tertiary/aromatic N) is 1. The van der Waals surface area contributed by atoms with E-state index in [0.29, 0.717) is 5.56 Å². The number of carboxylic acid groups (broad SMARTS) is 1. The van der Waals surface area contributed by atoms with Gasteiger partial charge in [0.25, 0.3) is 5.91 Å². The summed E-state index contributed by atoms with van der Waals surface area (Å²) in [7, 11) is 0. The molecule has 0 bridgehead atoms. The third kappa shape index (κ3) is 3.34. The number of thioether (sulfide) groups is 1. The lowest BCUT2D eigenvalue weighted by atomic mass is 10.0. The number of carbonyl (C=O) groups excluding carboxylic acids is 3. The van der Waals surface area contributed by atoms with Crippen molar-refractivity contribution in [1.29, 1.82) is 0 Å². The number of rotatable bonds is 5. The molecule has 3 amide bonds. The molecule has 8 nitrogen and oxygen atoms in total. The van der Waals surface area contributed by atoms with Gasteiger partial charge in [-0.25, -0.2) is 0 Å². The Labute approximate surface area is 167 Å². The van der Waals surface area contributed by atoms with Crippen LogP contribution in [0.25, 0.3) is 0 Å². The van der Waals surface area contributed by atoms with Crippen LogP contribution in [0.5, 0.6) is 0 Å². The summed E-state index contributed by atoms with van der Waals surface area (Å²) in [6.45, 7) is 6.62. The standard InChI is InChI=1S/C19H23N3O5S/c1-9(14(23)21-10(2)18(26)27)20-15(24)13-19(3,4)28-17-12-8-6-5-7-11(12)16(25)22(13)17/h5-10,13,17H,1-4H3,(H,20,24)(H,21,23)(H,26,27)/t9-,10-,13+,17-/m0/s1. The zero-order chi connectivity index (χ0) is 20.8. The summed E-state index contributed by atoms with van der Waals surface area (Å²) in [6.07, 6.45) is 0. The maximum atomic E-state index is 13.0. The molecule has 2 heterocycles. The summed E-state index contributed by atoms with van der Waals surface area (Å²) in [6, 6.07) is 4.55. The number of fused-ring (bicyclic) bond motifs is 3. The monoisotopic (exact) mass is 405 g/mol. The van der Waals surface area contributed by atoms with Crippen molar-refractivity contribution in [3.05, 3.63) is 35.4 Å². The van der Waals surface area contributed by atoms with Gasteiger partial charge in [0.15, 0.2) is 0 Å². The Morgan fingerprint density at radius 1 is 1.14 bits per heavy atom. The topological polar surface area (TPSA) is 116 Å². The predicted octanol–water partition coefficient (Wildman–Crippen LogP) is 1.13. The molecule has 2 aliphatic heterocycles. The molecule has 3 N–H and O–H groups in total. The van der Waals surface area contributed by atoms with E-state index in [0.717, 1.165) is 5.56 Å². The molecule has 0 aliphatic carbocycles. The molecular formula is C19H23N3O5S. The summed E-state index contributed by atoms with van der Waals surface area (Å²) in [4.78, 5) is 50.6. The van der Waals surface area contributed by atoms with Crippen LogP contribution in [0.4, 0.5) is 0 Å². The second-order valence-corrected chi connectivity index (χ2v) is 9.31. The second-order valence-electron chi connectivity index (χ2n) is 7.57. The van der Waals surface area contributed by atoms with Gasteiger partial charge in [0.05, 0.1) is 0 Å². The van der Waals surface area contributed by atoms with Gasteiger partial charge >= 0.3 is 5.97 Å². The van der Waals surface area contributed by atoms with Gasteiger partial charge in [-0.3, -0.25) is 19.2 Å². The Morgan fingerprint density at radius 2 is 1.79 bits per heavy atom. The molecule has 1 aromatic rings. The highest BCUT2D eigenvalue weighted by atomic mass is 32.2. The summed E-state index contributed by atoms with van der Waals surface area (Å²) >= 11 is 1.54.